The van der Waals surface area contributed by atoms with Gasteiger partial charge in [-0.2, -0.15) is 12.6 Å². The van der Waals surface area contributed by atoms with Gasteiger partial charge in [0.2, 0.25) is 0 Å². The highest BCUT2D eigenvalue weighted by Crippen LogP contribution is 2.07. The standard InChI is InChI=1S/C8H16N2O2S/c1-12-6-4-9-2-3-10(5-7-13)8(9)11/h13H,2-7H2,1H3. The number of carbonyl (C=O) groups excluding carboxylic acids is 1. The lowest BCUT2D eigenvalue weighted by Crippen LogP contribution is -2.34. The van der Waals surface area contributed by atoms with E-state index >= 15 is 0 Å². The van der Waals surface area contributed by atoms with Crippen LogP contribution in [0.5, 0.6) is 0 Å². The number of urea groups is 1. The molecular formula is C8H16N2O2S. The summed E-state index contributed by atoms with van der Waals surface area (Å²) in [7, 11) is 1.64. The molecule has 0 N–H and O–H groups in total. The van der Waals surface area contributed by atoms with Gasteiger partial charge in [0.1, 0.15) is 0 Å². The van der Waals surface area contributed by atoms with E-state index in [9.17, 15) is 4.79 Å². The molecule has 1 saturated heterocycles. The third-order valence-corrected chi connectivity index (χ3v) is 2.32. The van der Waals surface area contributed by atoms with E-state index in [0.29, 0.717) is 13.2 Å². The molecule has 1 aliphatic rings. The van der Waals surface area contributed by atoms with Crippen LogP contribution < -0.4 is 0 Å². The van der Waals surface area contributed by atoms with Crippen molar-refractivity contribution in [2.45, 2.75) is 0 Å². The van der Waals surface area contributed by atoms with E-state index in [-0.39, 0.29) is 6.03 Å². The fourth-order valence-corrected chi connectivity index (χ4v) is 1.61. The largest absolute Gasteiger partial charge is 0.383 e. The molecule has 1 rings (SSSR count). The van der Waals surface area contributed by atoms with Crippen molar-refractivity contribution >= 4 is 18.7 Å². The summed E-state index contributed by atoms with van der Waals surface area (Å²) >= 11 is 4.10. The van der Waals surface area contributed by atoms with Crippen LogP contribution in [0.2, 0.25) is 0 Å². The molecule has 1 heterocycles. The second kappa shape index (κ2) is 5.34. The molecule has 0 radical (unpaired) electrons. The highest BCUT2D eigenvalue weighted by Gasteiger charge is 2.26. The maximum atomic E-state index is 11.6. The number of ether oxygens (including phenoxy) is 1. The Kier molecular flexibility index (Phi) is 4.38. The highest BCUT2D eigenvalue weighted by molar-refractivity contribution is 7.80. The average molecular weight is 204 g/mol. The summed E-state index contributed by atoms with van der Waals surface area (Å²) in [5, 5.41) is 0. The molecule has 0 aromatic carbocycles. The Morgan fingerprint density at radius 3 is 2.54 bits per heavy atom. The van der Waals surface area contributed by atoms with Gasteiger partial charge in [-0.05, 0) is 0 Å². The normalized spacial score (nSPS) is 17.2. The van der Waals surface area contributed by atoms with Crippen molar-refractivity contribution < 1.29 is 9.53 Å². The van der Waals surface area contributed by atoms with Crippen LogP contribution in [0.15, 0.2) is 0 Å². The summed E-state index contributed by atoms with van der Waals surface area (Å²) in [5.74, 6) is 0.726. The van der Waals surface area contributed by atoms with Crippen molar-refractivity contribution in [3.63, 3.8) is 0 Å². The first-order chi connectivity index (χ1) is 6.29. The van der Waals surface area contributed by atoms with Crippen molar-refractivity contribution in [2.75, 3.05) is 45.6 Å². The van der Waals surface area contributed by atoms with Crippen molar-refractivity contribution in [1.29, 1.82) is 0 Å². The molecule has 5 heteroatoms. The predicted octanol–water partition coefficient (Wildman–Crippen LogP) is 0.300. The number of thiol groups is 1. The van der Waals surface area contributed by atoms with Gasteiger partial charge < -0.3 is 14.5 Å². The zero-order valence-corrected chi connectivity index (χ0v) is 8.80. The molecule has 0 bridgehead atoms. The third kappa shape index (κ3) is 2.77. The second-order valence-corrected chi connectivity index (χ2v) is 3.42. The maximum absolute atomic E-state index is 11.6. The highest BCUT2D eigenvalue weighted by atomic mass is 32.1. The Hall–Kier alpha value is -0.420. The Morgan fingerprint density at radius 1 is 1.38 bits per heavy atom. The van der Waals surface area contributed by atoms with E-state index in [4.69, 9.17) is 4.74 Å². The van der Waals surface area contributed by atoms with E-state index in [1.165, 1.54) is 0 Å². The fourth-order valence-electron chi connectivity index (χ4n) is 1.37. The molecule has 2 amide bonds. The second-order valence-electron chi connectivity index (χ2n) is 2.97. The molecule has 0 aromatic heterocycles. The number of nitrogens with zero attached hydrogens (tertiary/aromatic N) is 2. The molecule has 0 saturated carbocycles. The van der Waals surface area contributed by atoms with E-state index in [1.54, 1.807) is 7.11 Å². The van der Waals surface area contributed by atoms with Gasteiger partial charge in [-0.1, -0.05) is 0 Å². The first-order valence-corrected chi connectivity index (χ1v) is 5.06. The average Bonchev–Trinajstić information content (AvgIpc) is 2.46. The molecule has 0 unspecified atom stereocenters. The zero-order valence-electron chi connectivity index (χ0n) is 7.90. The van der Waals surface area contributed by atoms with E-state index < -0.39 is 0 Å². The molecule has 76 valence electrons. The molecule has 13 heavy (non-hydrogen) atoms. The molecule has 0 atom stereocenters. The lowest BCUT2D eigenvalue weighted by molar-refractivity contribution is 0.155. The summed E-state index contributed by atoms with van der Waals surface area (Å²) in [5.41, 5.74) is 0. The smallest absolute Gasteiger partial charge is 0.320 e. The van der Waals surface area contributed by atoms with Crippen LogP contribution >= 0.6 is 12.6 Å². The third-order valence-electron chi connectivity index (χ3n) is 2.12. The monoisotopic (exact) mass is 204 g/mol. The van der Waals surface area contributed by atoms with Crippen molar-refractivity contribution in [2.24, 2.45) is 0 Å². The zero-order chi connectivity index (χ0) is 9.68. The number of hydrogen-bond donors (Lipinski definition) is 1. The Morgan fingerprint density at radius 2 is 2.00 bits per heavy atom. The van der Waals surface area contributed by atoms with Crippen molar-refractivity contribution in [3.05, 3.63) is 0 Å². The van der Waals surface area contributed by atoms with Gasteiger partial charge in [0.15, 0.2) is 0 Å². The first kappa shape index (κ1) is 10.7. The Bertz CT molecular complexity index is 178. The molecule has 4 nitrogen and oxygen atoms in total. The van der Waals surface area contributed by atoms with E-state index in [0.717, 1.165) is 25.4 Å². The lowest BCUT2D eigenvalue weighted by atomic mass is 10.5. The van der Waals surface area contributed by atoms with Gasteiger partial charge in [-0.3, -0.25) is 0 Å². The molecule has 0 spiro atoms. The number of hydrogen-bond acceptors (Lipinski definition) is 3. The number of carbonyl (C=O) groups is 1. The Labute approximate surface area is 84.2 Å². The Balaban J connectivity index is 2.32. The molecule has 1 aliphatic heterocycles. The summed E-state index contributed by atoms with van der Waals surface area (Å²) in [4.78, 5) is 15.2. The van der Waals surface area contributed by atoms with Crippen LogP contribution in [0.4, 0.5) is 4.79 Å². The fraction of sp³-hybridized carbons (Fsp3) is 0.875. The van der Waals surface area contributed by atoms with Crippen molar-refractivity contribution in [1.82, 2.24) is 9.80 Å². The first-order valence-electron chi connectivity index (χ1n) is 4.43. The summed E-state index contributed by atoms with van der Waals surface area (Å²) < 4.78 is 4.92. The van der Waals surface area contributed by atoms with Gasteiger partial charge in [-0.15, -0.1) is 0 Å². The summed E-state index contributed by atoms with van der Waals surface area (Å²) in [6, 6.07) is 0.117. The predicted molar refractivity (Wildman–Crippen MR) is 54.3 cm³/mol. The number of amides is 2. The minimum atomic E-state index is 0.117. The molecule has 1 fully saturated rings. The van der Waals surface area contributed by atoms with Gasteiger partial charge in [0.25, 0.3) is 0 Å². The lowest BCUT2D eigenvalue weighted by Gasteiger charge is -2.17. The number of rotatable bonds is 5. The number of methoxy groups -OCH3 is 1. The SMILES string of the molecule is COCCN1CCN(CCS)C1=O. The van der Waals surface area contributed by atoms with Gasteiger partial charge >= 0.3 is 6.03 Å². The van der Waals surface area contributed by atoms with Crippen LogP contribution in [0.1, 0.15) is 0 Å². The van der Waals surface area contributed by atoms with Crippen LogP contribution in [0.25, 0.3) is 0 Å². The quantitative estimate of drug-likeness (QED) is 0.653. The van der Waals surface area contributed by atoms with Gasteiger partial charge in [0, 0.05) is 39.0 Å². The van der Waals surface area contributed by atoms with Crippen molar-refractivity contribution in [3.8, 4) is 0 Å². The topological polar surface area (TPSA) is 32.8 Å². The van der Waals surface area contributed by atoms with Gasteiger partial charge in [0.05, 0.1) is 6.61 Å². The minimum Gasteiger partial charge on any atom is -0.383 e. The maximum Gasteiger partial charge on any atom is 0.320 e. The van der Waals surface area contributed by atoms with E-state index in [1.807, 2.05) is 9.80 Å². The van der Waals surface area contributed by atoms with E-state index in [2.05, 4.69) is 12.6 Å². The summed E-state index contributed by atoms with van der Waals surface area (Å²) in [6.07, 6.45) is 0. The summed E-state index contributed by atoms with van der Waals surface area (Å²) in [6.45, 7) is 3.68. The molecule has 0 aromatic rings. The van der Waals surface area contributed by atoms with Crippen LogP contribution in [-0.4, -0.2) is 61.5 Å². The molecular weight excluding hydrogens is 188 g/mol. The van der Waals surface area contributed by atoms with Crippen LogP contribution in [-0.2, 0) is 4.74 Å². The van der Waals surface area contributed by atoms with Crippen LogP contribution in [0, 0.1) is 0 Å². The minimum absolute atomic E-state index is 0.117. The van der Waals surface area contributed by atoms with Gasteiger partial charge in [-0.25, -0.2) is 4.79 Å². The van der Waals surface area contributed by atoms with Crippen LogP contribution in [0.3, 0.4) is 0 Å². The molecule has 0 aliphatic carbocycles.